The Bertz CT molecular complexity index is 1830. The van der Waals surface area contributed by atoms with Gasteiger partial charge in [0.05, 0.1) is 29.1 Å². The molecule has 0 bridgehead atoms. The van der Waals surface area contributed by atoms with Crippen LogP contribution in [0.3, 0.4) is 0 Å². The number of allylic oxidation sites excluding steroid dienone is 4. The highest BCUT2D eigenvalue weighted by atomic mass is 16.1. The van der Waals surface area contributed by atoms with Crippen LogP contribution in [0.5, 0.6) is 0 Å². The van der Waals surface area contributed by atoms with Gasteiger partial charge in [0.15, 0.2) is 0 Å². The predicted molar refractivity (Wildman–Crippen MR) is 169 cm³/mol. The second kappa shape index (κ2) is 11.0. The van der Waals surface area contributed by atoms with E-state index in [2.05, 4.69) is 73.3 Å². The number of pyridine rings is 1. The number of anilines is 2. The van der Waals surface area contributed by atoms with Crippen LogP contribution in [0.25, 0.3) is 27.2 Å². The molecule has 1 N–H and O–H groups in total. The Balaban J connectivity index is 0.000000210. The third-order valence-electron chi connectivity index (χ3n) is 8.56. The molecule has 0 amide bonds. The van der Waals surface area contributed by atoms with Crippen LogP contribution in [0.4, 0.5) is 11.4 Å². The molecule has 0 atom stereocenters. The number of aromatic amines is 1. The number of hydrogen-bond acceptors (Lipinski definition) is 5. The minimum atomic E-state index is -0.0874. The highest BCUT2D eigenvalue weighted by Crippen LogP contribution is 2.40. The van der Waals surface area contributed by atoms with E-state index in [1.165, 1.54) is 65.3 Å². The van der Waals surface area contributed by atoms with Crippen LogP contribution in [-0.2, 0) is 6.42 Å². The highest BCUT2D eigenvalue weighted by Gasteiger charge is 2.22. The molecule has 3 aliphatic rings. The Kier molecular flexibility index (Phi) is 6.81. The van der Waals surface area contributed by atoms with Gasteiger partial charge in [-0.2, -0.15) is 0 Å². The molecule has 1 aliphatic heterocycles. The SMILES string of the molecule is C1=CC2=C(CC1)CCc1c2ccc2cc(N3CCN(c4cccnc4)CC3)ccc12.O=c1[nH]cnc2ccccc12. The molecule has 6 heteroatoms. The number of hydrogen-bond donors (Lipinski definition) is 1. The van der Waals surface area contributed by atoms with Crippen molar-refractivity contribution in [2.24, 2.45) is 0 Å². The minimum absolute atomic E-state index is 0.0874. The summed E-state index contributed by atoms with van der Waals surface area (Å²) in [7, 11) is 0. The topological polar surface area (TPSA) is 65.1 Å². The van der Waals surface area contributed by atoms with E-state index in [1.807, 2.05) is 36.7 Å². The zero-order valence-corrected chi connectivity index (χ0v) is 23.1. The summed E-state index contributed by atoms with van der Waals surface area (Å²) in [5.41, 5.74) is 9.40. The second-order valence-corrected chi connectivity index (χ2v) is 10.9. The van der Waals surface area contributed by atoms with Gasteiger partial charge in [-0.15, -0.1) is 0 Å². The number of nitrogens with zero attached hydrogens (tertiary/aromatic N) is 4. The van der Waals surface area contributed by atoms with Gasteiger partial charge in [0.2, 0.25) is 0 Å². The molecule has 5 aromatic rings. The number of rotatable bonds is 2. The number of aromatic nitrogens is 3. The fourth-order valence-corrected chi connectivity index (χ4v) is 6.41. The van der Waals surface area contributed by atoms with Crippen molar-refractivity contribution in [2.75, 3.05) is 36.0 Å². The first-order valence-electron chi connectivity index (χ1n) is 14.5. The maximum atomic E-state index is 11.1. The first-order valence-corrected chi connectivity index (χ1v) is 14.5. The largest absolute Gasteiger partial charge is 0.368 e. The van der Waals surface area contributed by atoms with Crippen LogP contribution in [0.15, 0.2) is 108 Å². The maximum Gasteiger partial charge on any atom is 0.258 e. The molecule has 1 fully saturated rings. The Morgan fingerprint density at radius 1 is 0.780 bits per heavy atom. The fourth-order valence-electron chi connectivity index (χ4n) is 6.41. The van der Waals surface area contributed by atoms with Gasteiger partial charge < -0.3 is 14.8 Å². The van der Waals surface area contributed by atoms with Crippen molar-refractivity contribution in [3.8, 4) is 0 Å². The molecular weight excluding hydrogens is 506 g/mol. The van der Waals surface area contributed by atoms with E-state index >= 15 is 0 Å². The van der Waals surface area contributed by atoms with Gasteiger partial charge in [-0.05, 0) is 89.6 Å². The molecule has 6 nitrogen and oxygen atoms in total. The van der Waals surface area contributed by atoms with Crippen LogP contribution in [-0.4, -0.2) is 41.1 Å². The van der Waals surface area contributed by atoms with Crippen LogP contribution in [0, 0.1) is 0 Å². The summed E-state index contributed by atoms with van der Waals surface area (Å²) >= 11 is 0. The zero-order valence-electron chi connectivity index (χ0n) is 23.1. The van der Waals surface area contributed by atoms with E-state index in [0.29, 0.717) is 5.39 Å². The lowest BCUT2D eigenvalue weighted by molar-refractivity contribution is 0.653. The molecule has 3 heterocycles. The van der Waals surface area contributed by atoms with Gasteiger partial charge in [-0.25, -0.2) is 4.98 Å². The normalized spacial score (nSPS) is 16.3. The molecule has 1 saturated heterocycles. The number of fused-ring (bicyclic) bond motifs is 5. The molecule has 2 aliphatic carbocycles. The average Bonchev–Trinajstić information content (AvgIpc) is 3.05. The second-order valence-electron chi connectivity index (χ2n) is 10.9. The minimum Gasteiger partial charge on any atom is -0.368 e. The van der Waals surface area contributed by atoms with Gasteiger partial charge in [0.1, 0.15) is 0 Å². The zero-order chi connectivity index (χ0) is 27.6. The lowest BCUT2D eigenvalue weighted by atomic mass is 9.79. The summed E-state index contributed by atoms with van der Waals surface area (Å²) in [5.74, 6) is 0. The summed E-state index contributed by atoms with van der Waals surface area (Å²) in [4.78, 5) is 26.8. The van der Waals surface area contributed by atoms with E-state index in [-0.39, 0.29) is 5.56 Å². The number of aryl methyl sites for hydroxylation is 1. The van der Waals surface area contributed by atoms with Crippen molar-refractivity contribution in [3.63, 3.8) is 0 Å². The van der Waals surface area contributed by atoms with E-state index in [9.17, 15) is 4.79 Å². The van der Waals surface area contributed by atoms with Crippen LogP contribution in [0.1, 0.15) is 30.4 Å². The highest BCUT2D eigenvalue weighted by molar-refractivity contribution is 5.95. The van der Waals surface area contributed by atoms with Crippen LogP contribution < -0.4 is 15.4 Å². The molecule has 0 spiro atoms. The summed E-state index contributed by atoms with van der Waals surface area (Å²) < 4.78 is 0. The quantitative estimate of drug-likeness (QED) is 0.276. The van der Waals surface area contributed by atoms with Crippen LogP contribution >= 0.6 is 0 Å². The summed E-state index contributed by atoms with van der Waals surface area (Å²) in [5, 5.41) is 3.45. The van der Waals surface area contributed by atoms with E-state index in [4.69, 9.17) is 0 Å². The number of H-pyrrole nitrogens is 1. The lowest BCUT2D eigenvalue weighted by Gasteiger charge is -2.37. The van der Waals surface area contributed by atoms with Crippen molar-refractivity contribution in [1.82, 2.24) is 15.0 Å². The van der Waals surface area contributed by atoms with Gasteiger partial charge in [-0.1, -0.05) is 48.1 Å². The van der Waals surface area contributed by atoms with Crippen molar-refractivity contribution in [2.45, 2.75) is 25.7 Å². The number of para-hydroxylation sites is 1. The van der Waals surface area contributed by atoms with Gasteiger partial charge in [0.25, 0.3) is 5.56 Å². The Morgan fingerprint density at radius 2 is 1.63 bits per heavy atom. The number of benzene rings is 3. The third-order valence-corrected chi connectivity index (χ3v) is 8.56. The fraction of sp³-hybridized carbons (Fsp3) is 0.229. The third kappa shape index (κ3) is 5.02. The Labute approximate surface area is 239 Å². The van der Waals surface area contributed by atoms with Crippen molar-refractivity contribution in [1.29, 1.82) is 0 Å². The Hall–Kier alpha value is -4.71. The molecular formula is C35H33N5O. The monoisotopic (exact) mass is 539 g/mol. The molecule has 3 aromatic carbocycles. The standard InChI is InChI=1S/C27H27N3.C8H6N2O/c1-2-6-24-20(4-1)7-10-27-25-12-9-22(18-21(25)8-11-26(24)27)29-14-16-30(17-15-29)23-5-3-13-28-19-23;11-8-6-3-1-2-4-7(6)9-5-10-8/h2-3,5-6,8-9,11-13,18-19H,1,4,7,10,14-17H2;1-5H,(H,9,10,11). The first kappa shape index (κ1) is 25.3. The molecule has 2 aromatic heterocycles. The predicted octanol–water partition coefficient (Wildman–Crippen LogP) is 6.53. The van der Waals surface area contributed by atoms with Crippen molar-refractivity contribution in [3.05, 3.63) is 125 Å². The summed E-state index contributed by atoms with van der Waals surface area (Å²) in [6, 6.07) is 23.2. The molecule has 204 valence electrons. The van der Waals surface area contributed by atoms with E-state index in [0.717, 1.165) is 31.7 Å². The van der Waals surface area contributed by atoms with E-state index in [1.54, 1.807) is 17.2 Å². The smallest absolute Gasteiger partial charge is 0.258 e. The Morgan fingerprint density at radius 3 is 2.46 bits per heavy atom. The average molecular weight is 540 g/mol. The molecule has 41 heavy (non-hydrogen) atoms. The summed E-state index contributed by atoms with van der Waals surface area (Å²) in [6.07, 6.45) is 14.8. The van der Waals surface area contributed by atoms with Gasteiger partial charge >= 0.3 is 0 Å². The van der Waals surface area contributed by atoms with E-state index < -0.39 is 0 Å². The molecule has 0 unspecified atom stereocenters. The molecule has 8 rings (SSSR count). The first-order chi connectivity index (χ1) is 20.2. The summed E-state index contributed by atoms with van der Waals surface area (Å²) in [6.45, 7) is 4.17. The van der Waals surface area contributed by atoms with Crippen LogP contribution in [0.2, 0.25) is 0 Å². The van der Waals surface area contributed by atoms with Gasteiger partial charge in [-0.3, -0.25) is 9.78 Å². The van der Waals surface area contributed by atoms with Crippen molar-refractivity contribution < 1.29 is 0 Å². The number of piperazine rings is 1. The molecule has 0 radical (unpaired) electrons. The van der Waals surface area contributed by atoms with Gasteiger partial charge in [0, 0.05) is 38.1 Å². The molecule has 0 saturated carbocycles. The maximum absolute atomic E-state index is 11.1. The van der Waals surface area contributed by atoms with Crippen molar-refractivity contribution >= 4 is 38.6 Å². The lowest BCUT2D eigenvalue weighted by Crippen LogP contribution is -2.46. The number of nitrogens with one attached hydrogen (secondary N) is 1.